The molecule has 0 bridgehead atoms. The van der Waals surface area contributed by atoms with Crippen molar-refractivity contribution in [2.75, 3.05) is 18.5 Å². The maximum Gasteiger partial charge on any atom is 0.345 e. The Bertz CT molecular complexity index is 1010. The number of hydrogen-bond donors (Lipinski definition) is 2. The second-order valence-electron chi connectivity index (χ2n) is 7.17. The predicted molar refractivity (Wildman–Crippen MR) is 106 cm³/mol. The Morgan fingerprint density at radius 1 is 1.28 bits per heavy atom. The first-order valence-corrected chi connectivity index (χ1v) is 9.82. The van der Waals surface area contributed by atoms with E-state index in [1.165, 1.54) is 25.3 Å². The summed E-state index contributed by atoms with van der Waals surface area (Å²) in [6.07, 6.45) is 11.3. The summed E-state index contributed by atoms with van der Waals surface area (Å²) in [4.78, 5) is 23.1. The Kier molecular flexibility index (Phi) is 5.84. The molecule has 4 rings (SSSR count). The molecular weight excluding hydrogens is 380 g/mol. The molecule has 29 heavy (non-hydrogen) atoms. The van der Waals surface area contributed by atoms with Gasteiger partial charge in [-0.25, -0.2) is 4.98 Å². The Labute approximate surface area is 166 Å². The molecule has 2 N–H and O–H groups in total. The molecule has 0 aromatic carbocycles. The van der Waals surface area contributed by atoms with Crippen molar-refractivity contribution in [1.29, 1.82) is 0 Å². The number of hydrogen-bond acceptors (Lipinski definition) is 5. The van der Waals surface area contributed by atoms with Crippen LogP contribution in [0.3, 0.4) is 0 Å². The van der Waals surface area contributed by atoms with Gasteiger partial charge in [-0.2, -0.15) is 13.8 Å². The molecule has 0 saturated heterocycles. The van der Waals surface area contributed by atoms with Crippen molar-refractivity contribution in [3.8, 4) is 11.1 Å². The normalized spacial score (nSPS) is 15.3. The van der Waals surface area contributed by atoms with Crippen LogP contribution in [0.2, 0.25) is 0 Å². The number of nitrogens with one attached hydrogen (secondary N) is 2. The third kappa shape index (κ3) is 4.45. The minimum absolute atomic E-state index is 0.134. The maximum atomic E-state index is 12.1. The van der Waals surface area contributed by atoms with Gasteiger partial charge in [0.05, 0.1) is 6.61 Å². The smallest absolute Gasteiger partial charge is 0.345 e. The lowest BCUT2D eigenvalue weighted by atomic mass is 9.95. The number of ether oxygens (including phenoxy) is 1. The fourth-order valence-corrected chi connectivity index (χ4v) is 3.87. The molecule has 0 spiro atoms. The van der Waals surface area contributed by atoms with Crippen LogP contribution in [0.4, 0.5) is 14.7 Å². The van der Waals surface area contributed by atoms with E-state index in [0.29, 0.717) is 12.0 Å². The summed E-state index contributed by atoms with van der Waals surface area (Å²) in [5.41, 5.74) is 2.48. The van der Waals surface area contributed by atoms with E-state index < -0.39 is 6.61 Å². The summed E-state index contributed by atoms with van der Waals surface area (Å²) in [7, 11) is 0. The quantitative estimate of drug-likeness (QED) is 0.584. The fraction of sp³-hybridized carbons (Fsp3) is 0.450. The number of nitrogens with zero attached hydrogens (tertiary/aromatic N) is 3. The molecule has 1 aliphatic rings. The summed E-state index contributed by atoms with van der Waals surface area (Å²) in [6, 6.07) is 3.64. The molecular formula is C20H23F2N5O2. The molecule has 1 fully saturated rings. The van der Waals surface area contributed by atoms with Gasteiger partial charge in [0.15, 0.2) is 0 Å². The molecule has 154 valence electrons. The Balaban J connectivity index is 1.69. The van der Waals surface area contributed by atoms with Gasteiger partial charge >= 0.3 is 6.61 Å². The van der Waals surface area contributed by atoms with E-state index in [-0.39, 0.29) is 18.7 Å². The first-order chi connectivity index (χ1) is 14.1. The van der Waals surface area contributed by atoms with Gasteiger partial charge in [-0.1, -0.05) is 19.3 Å². The third-order valence-electron chi connectivity index (χ3n) is 5.26. The van der Waals surface area contributed by atoms with Crippen molar-refractivity contribution in [3.63, 3.8) is 0 Å². The highest BCUT2D eigenvalue weighted by Gasteiger charge is 2.21. The monoisotopic (exact) mass is 403 g/mol. The van der Waals surface area contributed by atoms with Crippen molar-refractivity contribution in [3.05, 3.63) is 41.1 Å². The van der Waals surface area contributed by atoms with Crippen LogP contribution in [-0.2, 0) is 4.74 Å². The summed E-state index contributed by atoms with van der Waals surface area (Å²) in [5, 5.41) is 3.82. The number of halogens is 2. The second kappa shape index (κ2) is 8.69. The number of aromatic nitrogens is 4. The van der Waals surface area contributed by atoms with E-state index in [2.05, 4.69) is 35.8 Å². The maximum absolute atomic E-state index is 12.1. The van der Waals surface area contributed by atoms with Crippen molar-refractivity contribution in [1.82, 2.24) is 19.5 Å². The highest BCUT2D eigenvalue weighted by molar-refractivity contribution is 5.94. The zero-order chi connectivity index (χ0) is 20.2. The van der Waals surface area contributed by atoms with Crippen molar-refractivity contribution >= 4 is 17.0 Å². The first-order valence-electron chi connectivity index (χ1n) is 9.82. The molecule has 3 heterocycles. The molecule has 0 atom stereocenters. The topological polar surface area (TPSA) is 84.8 Å². The molecule has 9 heteroatoms. The van der Waals surface area contributed by atoms with Crippen LogP contribution in [0.15, 0.2) is 35.5 Å². The largest absolute Gasteiger partial charge is 0.352 e. The second-order valence-corrected chi connectivity index (χ2v) is 7.17. The predicted octanol–water partition coefficient (Wildman–Crippen LogP) is 3.94. The number of pyridine rings is 1. The number of aromatic amines is 1. The molecule has 1 saturated carbocycles. The number of anilines is 1. The molecule has 0 aliphatic heterocycles. The van der Waals surface area contributed by atoms with E-state index >= 15 is 0 Å². The van der Waals surface area contributed by atoms with E-state index in [1.807, 2.05) is 0 Å². The van der Waals surface area contributed by atoms with Crippen molar-refractivity contribution in [2.24, 2.45) is 0 Å². The minimum Gasteiger partial charge on any atom is -0.352 e. The molecule has 1 aliphatic carbocycles. The zero-order valence-electron chi connectivity index (χ0n) is 15.9. The average molecular weight is 403 g/mol. The molecule has 3 aromatic rings. The number of alkyl halides is 2. The molecule has 0 radical (unpaired) electrons. The zero-order valence-corrected chi connectivity index (χ0v) is 15.9. The summed E-state index contributed by atoms with van der Waals surface area (Å²) in [6.45, 7) is -2.73. The summed E-state index contributed by atoms with van der Waals surface area (Å²) in [5.74, 6) is 0.374. The van der Waals surface area contributed by atoms with E-state index in [4.69, 9.17) is 0 Å². The van der Waals surface area contributed by atoms with Gasteiger partial charge in [0, 0.05) is 53.8 Å². The van der Waals surface area contributed by atoms with E-state index in [1.54, 1.807) is 18.5 Å². The van der Waals surface area contributed by atoms with Crippen LogP contribution >= 0.6 is 0 Å². The van der Waals surface area contributed by atoms with Gasteiger partial charge < -0.3 is 19.6 Å². The van der Waals surface area contributed by atoms with Crippen LogP contribution in [0.1, 0.15) is 38.1 Å². The van der Waals surface area contributed by atoms with Crippen LogP contribution in [0.5, 0.6) is 0 Å². The molecule has 0 amide bonds. The number of fused-ring (bicyclic) bond motifs is 1. The fourth-order valence-electron chi connectivity index (χ4n) is 3.87. The Morgan fingerprint density at radius 2 is 2.10 bits per heavy atom. The molecule has 3 aromatic heterocycles. The standard InChI is InChI=1S/C20H23F2N5O2/c21-19(22)29-9-8-23-20-25-11-15-16(13-6-7-17(28)24-10-13)12-27(18(15)26-20)14-4-2-1-3-5-14/h6-7,10-12,14,19H,1-5,8-9H2,(H,24,28)(H,23,25,26). The molecule has 7 nitrogen and oxygen atoms in total. The van der Waals surface area contributed by atoms with E-state index in [9.17, 15) is 13.6 Å². The van der Waals surface area contributed by atoms with Crippen LogP contribution in [-0.4, -0.2) is 39.3 Å². The summed E-state index contributed by atoms with van der Waals surface area (Å²) < 4.78 is 30.7. The van der Waals surface area contributed by atoms with Crippen molar-refractivity contribution in [2.45, 2.75) is 44.8 Å². The van der Waals surface area contributed by atoms with Gasteiger partial charge in [0.2, 0.25) is 11.5 Å². The van der Waals surface area contributed by atoms with Gasteiger partial charge in [0.25, 0.3) is 0 Å². The number of rotatable bonds is 7. The van der Waals surface area contributed by atoms with Crippen molar-refractivity contribution < 1.29 is 13.5 Å². The number of H-pyrrole nitrogens is 1. The lowest BCUT2D eigenvalue weighted by molar-refractivity contribution is -0.125. The lowest BCUT2D eigenvalue weighted by Gasteiger charge is -2.23. The van der Waals surface area contributed by atoms with Gasteiger partial charge in [-0.15, -0.1) is 0 Å². The summed E-state index contributed by atoms with van der Waals surface area (Å²) >= 11 is 0. The van der Waals surface area contributed by atoms with Gasteiger partial charge in [-0.3, -0.25) is 4.79 Å². The Hall–Kier alpha value is -2.81. The van der Waals surface area contributed by atoms with E-state index in [0.717, 1.165) is 35.0 Å². The Morgan fingerprint density at radius 3 is 2.83 bits per heavy atom. The highest BCUT2D eigenvalue weighted by atomic mass is 19.3. The van der Waals surface area contributed by atoms with Crippen LogP contribution in [0, 0.1) is 0 Å². The molecule has 0 unspecified atom stereocenters. The average Bonchev–Trinajstić information content (AvgIpc) is 3.11. The SMILES string of the molecule is O=c1ccc(-c2cn(C3CCCCC3)c3nc(NCCOC(F)F)ncc23)c[nH]1. The third-order valence-corrected chi connectivity index (χ3v) is 5.26. The minimum atomic E-state index is -2.79. The lowest BCUT2D eigenvalue weighted by Crippen LogP contribution is -2.15. The van der Waals surface area contributed by atoms with Gasteiger partial charge in [0.1, 0.15) is 5.65 Å². The van der Waals surface area contributed by atoms with Crippen LogP contribution in [0.25, 0.3) is 22.2 Å². The van der Waals surface area contributed by atoms with Gasteiger partial charge in [-0.05, 0) is 18.9 Å². The van der Waals surface area contributed by atoms with Crippen LogP contribution < -0.4 is 10.9 Å². The highest BCUT2D eigenvalue weighted by Crippen LogP contribution is 2.36. The first kappa shape index (κ1) is 19.5.